The number of halogens is 2. The molecule has 0 bridgehead atoms. The van der Waals surface area contributed by atoms with Gasteiger partial charge in [0.25, 0.3) is 0 Å². The van der Waals surface area contributed by atoms with E-state index in [0.717, 1.165) is 16.7 Å². The van der Waals surface area contributed by atoms with Gasteiger partial charge in [-0.15, -0.1) is 0 Å². The van der Waals surface area contributed by atoms with Crippen LogP contribution in [0.1, 0.15) is 19.3 Å². The third kappa shape index (κ3) is 2.44. The van der Waals surface area contributed by atoms with Crippen molar-refractivity contribution in [2.45, 2.75) is 31.5 Å². The number of rotatable bonds is 2. The molecule has 0 saturated heterocycles. The molecule has 1 heterocycles. The zero-order valence-corrected chi connectivity index (χ0v) is 9.30. The second-order valence-corrected chi connectivity index (χ2v) is 4.53. The first-order chi connectivity index (χ1) is 6.74. The molecule has 1 N–H and O–H groups in total. The molecule has 1 aliphatic rings. The molecule has 0 aromatic carbocycles. The quantitative estimate of drug-likeness (QED) is 0.882. The van der Waals surface area contributed by atoms with Crippen LogP contribution in [0.3, 0.4) is 0 Å². The lowest BCUT2D eigenvalue weighted by atomic mass is 10.2. The van der Waals surface area contributed by atoms with Crippen molar-refractivity contribution in [3.05, 3.63) is 22.8 Å². The fourth-order valence-electron chi connectivity index (χ4n) is 1.73. The van der Waals surface area contributed by atoms with Gasteiger partial charge in [-0.2, -0.15) is 0 Å². The van der Waals surface area contributed by atoms with Crippen LogP contribution in [0.2, 0.25) is 0 Å². The summed E-state index contributed by atoms with van der Waals surface area (Å²) in [5, 5.41) is 3.23. The summed E-state index contributed by atoms with van der Waals surface area (Å²) >= 11 is 3.32. The summed E-state index contributed by atoms with van der Waals surface area (Å²) < 4.78 is 13.8. The van der Waals surface area contributed by atoms with E-state index in [1.165, 1.54) is 0 Å². The van der Waals surface area contributed by atoms with E-state index < -0.39 is 6.17 Å². The molecular weight excluding hydrogens is 247 g/mol. The Bertz CT molecular complexity index is 301. The molecule has 0 aliphatic heterocycles. The summed E-state index contributed by atoms with van der Waals surface area (Å²) in [4.78, 5) is 4.19. The Morgan fingerprint density at radius 1 is 1.43 bits per heavy atom. The van der Waals surface area contributed by atoms with Crippen LogP contribution in [0, 0.1) is 0 Å². The number of pyridine rings is 1. The zero-order valence-electron chi connectivity index (χ0n) is 7.71. The van der Waals surface area contributed by atoms with Gasteiger partial charge >= 0.3 is 0 Å². The van der Waals surface area contributed by atoms with Crippen molar-refractivity contribution in [2.24, 2.45) is 0 Å². The molecule has 1 aliphatic carbocycles. The van der Waals surface area contributed by atoms with E-state index in [4.69, 9.17) is 0 Å². The van der Waals surface area contributed by atoms with Crippen LogP contribution in [-0.2, 0) is 0 Å². The number of alkyl halides is 1. The number of nitrogens with zero attached hydrogens (tertiary/aromatic N) is 1. The maximum atomic E-state index is 12.9. The minimum atomic E-state index is -0.636. The summed E-state index contributed by atoms with van der Waals surface area (Å²) in [5.41, 5.74) is 0. The van der Waals surface area contributed by atoms with E-state index in [9.17, 15) is 4.39 Å². The third-order valence-corrected chi connectivity index (χ3v) is 2.92. The number of hydrogen-bond donors (Lipinski definition) is 1. The highest BCUT2D eigenvalue weighted by Gasteiger charge is 2.23. The highest BCUT2D eigenvalue weighted by atomic mass is 79.9. The van der Waals surface area contributed by atoms with Gasteiger partial charge in [0, 0.05) is 16.7 Å². The Kier molecular flexibility index (Phi) is 3.01. The third-order valence-electron chi connectivity index (χ3n) is 2.45. The number of anilines is 1. The van der Waals surface area contributed by atoms with Gasteiger partial charge in [-0.3, -0.25) is 0 Å². The Morgan fingerprint density at radius 3 is 2.86 bits per heavy atom. The van der Waals surface area contributed by atoms with E-state index in [2.05, 4.69) is 26.2 Å². The van der Waals surface area contributed by atoms with Gasteiger partial charge < -0.3 is 5.32 Å². The summed E-state index contributed by atoms with van der Waals surface area (Å²) in [6.07, 6.45) is 3.29. The SMILES string of the molecule is FC1CCC(Nc2ccc(Br)cn2)C1. The molecule has 0 radical (unpaired) electrons. The summed E-state index contributed by atoms with van der Waals surface area (Å²) in [7, 11) is 0. The molecule has 0 spiro atoms. The fraction of sp³-hybridized carbons (Fsp3) is 0.500. The van der Waals surface area contributed by atoms with Gasteiger partial charge in [-0.1, -0.05) is 0 Å². The van der Waals surface area contributed by atoms with Crippen LogP contribution >= 0.6 is 15.9 Å². The molecule has 2 rings (SSSR count). The Balaban J connectivity index is 1.94. The van der Waals surface area contributed by atoms with Gasteiger partial charge in [0.2, 0.25) is 0 Å². The monoisotopic (exact) mass is 258 g/mol. The molecular formula is C10H12BrFN2. The van der Waals surface area contributed by atoms with Crippen LogP contribution < -0.4 is 5.32 Å². The molecule has 1 saturated carbocycles. The molecule has 4 heteroatoms. The first kappa shape index (κ1) is 9.90. The Hall–Kier alpha value is -0.640. The van der Waals surface area contributed by atoms with Crippen LogP contribution in [-0.4, -0.2) is 17.2 Å². The highest BCUT2D eigenvalue weighted by Crippen LogP contribution is 2.24. The maximum Gasteiger partial charge on any atom is 0.126 e. The lowest BCUT2D eigenvalue weighted by Crippen LogP contribution is -2.16. The van der Waals surface area contributed by atoms with E-state index in [-0.39, 0.29) is 6.04 Å². The predicted octanol–water partition coefficient (Wildman–Crippen LogP) is 3.15. The molecule has 1 aromatic rings. The molecule has 2 nitrogen and oxygen atoms in total. The van der Waals surface area contributed by atoms with Crippen molar-refractivity contribution in [1.29, 1.82) is 0 Å². The van der Waals surface area contributed by atoms with Crippen molar-refractivity contribution in [1.82, 2.24) is 4.98 Å². The molecule has 1 aromatic heterocycles. The normalized spacial score (nSPS) is 26.4. The summed E-state index contributed by atoms with van der Waals surface area (Å²) in [6, 6.07) is 4.08. The number of hydrogen-bond acceptors (Lipinski definition) is 2. The lowest BCUT2D eigenvalue weighted by Gasteiger charge is -2.11. The van der Waals surface area contributed by atoms with Gasteiger partial charge in [0.1, 0.15) is 12.0 Å². The molecule has 14 heavy (non-hydrogen) atoms. The predicted molar refractivity (Wildman–Crippen MR) is 58.1 cm³/mol. The molecule has 1 fully saturated rings. The van der Waals surface area contributed by atoms with Crippen LogP contribution in [0.25, 0.3) is 0 Å². The van der Waals surface area contributed by atoms with Crippen molar-refractivity contribution < 1.29 is 4.39 Å². The van der Waals surface area contributed by atoms with Crippen LogP contribution in [0.5, 0.6) is 0 Å². The van der Waals surface area contributed by atoms with Gasteiger partial charge in [0.05, 0.1) is 0 Å². The van der Waals surface area contributed by atoms with E-state index >= 15 is 0 Å². The van der Waals surface area contributed by atoms with E-state index in [0.29, 0.717) is 12.8 Å². The topological polar surface area (TPSA) is 24.9 Å². The first-order valence-corrected chi connectivity index (χ1v) is 5.55. The minimum absolute atomic E-state index is 0.249. The maximum absolute atomic E-state index is 12.9. The average Bonchev–Trinajstić information content (AvgIpc) is 2.56. The largest absolute Gasteiger partial charge is 0.367 e. The zero-order chi connectivity index (χ0) is 9.97. The molecule has 0 amide bonds. The summed E-state index contributed by atoms with van der Waals surface area (Å²) in [5.74, 6) is 0.826. The lowest BCUT2D eigenvalue weighted by molar-refractivity contribution is 0.341. The van der Waals surface area contributed by atoms with Crippen molar-refractivity contribution in [3.8, 4) is 0 Å². The van der Waals surface area contributed by atoms with Crippen molar-refractivity contribution >= 4 is 21.7 Å². The molecule has 2 unspecified atom stereocenters. The fourth-order valence-corrected chi connectivity index (χ4v) is 1.96. The van der Waals surface area contributed by atoms with Crippen LogP contribution in [0.15, 0.2) is 22.8 Å². The highest BCUT2D eigenvalue weighted by molar-refractivity contribution is 9.10. The smallest absolute Gasteiger partial charge is 0.126 e. The van der Waals surface area contributed by atoms with Gasteiger partial charge in [-0.25, -0.2) is 9.37 Å². The number of nitrogens with one attached hydrogen (secondary N) is 1. The second kappa shape index (κ2) is 4.26. The number of aromatic nitrogens is 1. The van der Waals surface area contributed by atoms with Gasteiger partial charge in [0.15, 0.2) is 0 Å². The van der Waals surface area contributed by atoms with E-state index in [1.54, 1.807) is 6.20 Å². The first-order valence-electron chi connectivity index (χ1n) is 4.76. The minimum Gasteiger partial charge on any atom is -0.367 e. The summed E-state index contributed by atoms with van der Waals surface area (Å²) in [6.45, 7) is 0. The van der Waals surface area contributed by atoms with Gasteiger partial charge in [-0.05, 0) is 47.3 Å². The molecule has 2 atom stereocenters. The molecule has 76 valence electrons. The van der Waals surface area contributed by atoms with Crippen molar-refractivity contribution in [3.63, 3.8) is 0 Å². The second-order valence-electron chi connectivity index (χ2n) is 3.61. The van der Waals surface area contributed by atoms with Crippen molar-refractivity contribution in [2.75, 3.05) is 5.32 Å². The van der Waals surface area contributed by atoms with E-state index in [1.807, 2.05) is 12.1 Å². The standard InChI is InChI=1S/C10H12BrFN2/c11-7-1-4-10(13-6-7)14-9-3-2-8(12)5-9/h1,4,6,8-9H,2-3,5H2,(H,13,14). The Labute approximate surface area is 91.1 Å². The average molecular weight is 259 g/mol. The Morgan fingerprint density at radius 2 is 2.29 bits per heavy atom. The van der Waals surface area contributed by atoms with Crippen LogP contribution in [0.4, 0.5) is 10.2 Å².